The van der Waals surface area contributed by atoms with E-state index in [9.17, 15) is 0 Å². The quantitative estimate of drug-likeness (QED) is 0.566. The monoisotopic (exact) mass is 386 g/mol. The summed E-state index contributed by atoms with van der Waals surface area (Å²) in [4.78, 5) is 8.38. The summed E-state index contributed by atoms with van der Waals surface area (Å²) < 4.78 is 5.41. The Balaban J connectivity index is 1.38. The summed E-state index contributed by atoms with van der Waals surface area (Å²) >= 11 is 1.85. The molecule has 0 aliphatic carbocycles. The van der Waals surface area contributed by atoms with E-state index >= 15 is 0 Å². The third-order valence-corrected chi connectivity index (χ3v) is 5.95. The second-order valence-corrected chi connectivity index (χ2v) is 7.95. The lowest BCUT2D eigenvalue weighted by Gasteiger charge is -2.32. The van der Waals surface area contributed by atoms with Crippen LogP contribution in [0.25, 0.3) is 0 Å². The Kier molecular flexibility index (Phi) is 7.54. The number of hydrogen-bond acceptors (Lipinski definition) is 4. The Morgan fingerprint density at radius 3 is 2.70 bits per heavy atom. The molecule has 2 aromatic rings. The molecule has 0 unspecified atom stereocenters. The molecule has 5 nitrogen and oxygen atoms in total. The Morgan fingerprint density at radius 2 is 2.00 bits per heavy atom. The van der Waals surface area contributed by atoms with E-state index in [1.54, 1.807) is 7.11 Å². The molecule has 1 aliphatic heterocycles. The summed E-state index contributed by atoms with van der Waals surface area (Å²) in [7, 11) is 3.53. The molecule has 146 valence electrons. The van der Waals surface area contributed by atoms with Gasteiger partial charge < -0.3 is 15.4 Å². The molecule has 2 N–H and O–H groups in total. The molecular formula is C21H30N4OS. The van der Waals surface area contributed by atoms with Crippen LogP contribution < -0.4 is 15.4 Å². The SMILES string of the molecule is CN=C(NCc1ccccc1OC)NCC1CCN(Cc2cccs2)CC1. The Morgan fingerprint density at radius 1 is 1.19 bits per heavy atom. The van der Waals surface area contributed by atoms with Crippen molar-refractivity contribution in [1.82, 2.24) is 15.5 Å². The number of thiophene rings is 1. The van der Waals surface area contributed by atoms with Crippen LogP contribution in [0, 0.1) is 5.92 Å². The largest absolute Gasteiger partial charge is 0.496 e. The van der Waals surface area contributed by atoms with E-state index in [2.05, 4.69) is 44.1 Å². The fraction of sp³-hybridized carbons (Fsp3) is 0.476. The Hall–Kier alpha value is -2.05. The van der Waals surface area contributed by atoms with E-state index in [1.165, 1.54) is 30.8 Å². The number of ether oxygens (including phenoxy) is 1. The van der Waals surface area contributed by atoms with Gasteiger partial charge in [0.1, 0.15) is 5.75 Å². The van der Waals surface area contributed by atoms with Gasteiger partial charge >= 0.3 is 0 Å². The summed E-state index contributed by atoms with van der Waals surface area (Å²) in [5.41, 5.74) is 1.13. The molecule has 0 saturated carbocycles. The van der Waals surface area contributed by atoms with Gasteiger partial charge in [0.25, 0.3) is 0 Å². The van der Waals surface area contributed by atoms with Gasteiger partial charge in [0.2, 0.25) is 0 Å². The van der Waals surface area contributed by atoms with Crippen molar-refractivity contribution in [3.8, 4) is 5.75 Å². The van der Waals surface area contributed by atoms with Crippen molar-refractivity contribution in [2.24, 2.45) is 10.9 Å². The first-order valence-corrected chi connectivity index (χ1v) is 10.5. The van der Waals surface area contributed by atoms with Crippen LogP contribution in [0.4, 0.5) is 0 Å². The average Bonchev–Trinajstić information content (AvgIpc) is 3.22. The number of nitrogens with one attached hydrogen (secondary N) is 2. The van der Waals surface area contributed by atoms with E-state index in [1.807, 2.05) is 36.6 Å². The highest BCUT2D eigenvalue weighted by Gasteiger charge is 2.19. The number of nitrogens with zero attached hydrogens (tertiary/aromatic N) is 2. The van der Waals surface area contributed by atoms with Gasteiger partial charge in [-0.15, -0.1) is 11.3 Å². The fourth-order valence-electron chi connectivity index (χ4n) is 3.46. The third-order valence-electron chi connectivity index (χ3n) is 5.09. The van der Waals surface area contributed by atoms with Gasteiger partial charge in [-0.1, -0.05) is 24.3 Å². The molecule has 2 heterocycles. The molecule has 0 amide bonds. The van der Waals surface area contributed by atoms with Crippen molar-refractivity contribution in [2.75, 3.05) is 33.8 Å². The first kappa shape index (κ1) is 19.7. The molecule has 6 heteroatoms. The Labute approximate surface area is 166 Å². The number of aliphatic imine (C=N–C) groups is 1. The summed E-state index contributed by atoms with van der Waals surface area (Å²) in [6, 6.07) is 12.4. The maximum Gasteiger partial charge on any atom is 0.191 e. The third kappa shape index (κ3) is 5.97. The molecule has 1 aromatic carbocycles. The summed E-state index contributed by atoms with van der Waals surface area (Å²) in [6.07, 6.45) is 2.48. The zero-order chi connectivity index (χ0) is 18.9. The highest BCUT2D eigenvalue weighted by molar-refractivity contribution is 7.09. The van der Waals surface area contributed by atoms with Gasteiger partial charge in [-0.3, -0.25) is 9.89 Å². The van der Waals surface area contributed by atoms with Gasteiger partial charge in [-0.05, 0) is 49.4 Å². The predicted molar refractivity (Wildman–Crippen MR) is 114 cm³/mol. The minimum atomic E-state index is 0.697. The molecule has 3 rings (SSSR count). The lowest BCUT2D eigenvalue weighted by Crippen LogP contribution is -2.42. The molecular weight excluding hydrogens is 356 g/mol. The topological polar surface area (TPSA) is 48.9 Å². The molecule has 1 saturated heterocycles. The van der Waals surface area contributed by atoms with Gasteiger partial charge in [-0.25, -0.2) is 0 Å². The van der Waals surface area contributed by atoms with Crippen LogP contribution in [0.1, 0.15) is 23.3 Å². The van der Waals surface area contributed by atoms with Crippen molar-refractivity contribution in [3.05, 3.63) is 52.2 Å². The van der Waals surface area contributed by atoms with Gasteiger partial charge in [0, 0.05) is 37.1 Å². The highest BCUT2D eigenvalue weighted by atomic mass is 32.1. The highest BCUT2D eigenvalue weighted by Crippen LogP contribution is 2.20. The number of guanidine groups is 1. The van der Waals surface area contributed by atoms with Crippen LogP contribution in [0.15, 0.2) is 46.8 Å². The smallest absolute Gasteiger partial charge is 0.191 e. The lowest BCUT2D eigenvalue weighted by molar-refractivity contribution is 0.179. The number of para-hydroxylation sites is 1. The van der Waals surface area contributed by atoms with Gasteiger partial charge in [0.15, 0.2) is 5.96 Å². The number of rotatable bonds is 7. The second kappa shape index (κ2) is 10.3. The van der Waals surface area contributed by atoms with E-state index in [4.69, 9.17) is 4.74 Å². The summed E-state index contributed by atoms with van der Waals surface area (Å²) in [6.45, 7) is 5.12. The van der Waals surface area contributed by atoms with Crippen LogP contribution >= 0.6 is 11.3 Å². The maximum absolute atomic E-state index is 5.41. The number of benzene rings is 1. The van der Waals surface area contributed by atoms with Crippen LogP contribution in [-0.4, -0.2) is 44.7 Å². The van der Waals surface area contributed by atoms with Crippen molar-refractivity contribution in [1.29, 1.82) is 0 Å². The lowest BCUT2D eigenvalue weighted by atomic mass is 9.97. The number of hydrogen-bond donors (Lipinski definition) is 2. The number of methoxy groups -OCH3 is 1. The molecule has 0 bridgehead atoms. The van der Waals surface area contributed by atoms with Crippen molar-refractivity contribution >= 4 is 17.3 Å². The molecule has 27 heavy (non-hydrogen) atoms. The van der Waals surface area contributed by atoms with E-state index in [0.717, 1.165) is 30.4 Å². The van der Waals surface area contributed by atoms with E-state index < -0.39 is 0 Å². The van der Waals surface area contributed by atoms with Crippen LogP contribution in [0.2, 0.25) is 0 Å². The second-order valence-electron chi connectivity index (χ2n) is 6.92. The molecule has 1 aromatic heterocycles. The Bertz CT molecular complexity index is 709. The van der Waals surface area contributed by atoms with Crippen molar-refractivity contribution in [2.45, 2.75) is 25.9 Å². The fourth-order valence-corrected chi connectivity index (χ4v) is 4.21. The minimum Gasteiger partial charge on any atom is -0.496 e. The minimum absolute atomic E-state index is 0.697. The first-order valence-electron chi connectivity index (χ1n) is 9.59. The molecule has 0 atom stereocenters. The van der Waals surface area contributed by atoms with Crippen molar-refractivity contribution in [3.63, 3.8) is 0 Å². The van der Waals surface area contributed by atoms with E-state index in [-0.39, 0.29) is 0 Å². The average molecular weight is 387 g/mol. The standard InChI is InChI=1S/C21H30N4OS/c1-22-21(24-15-18-6-3-4-8-20(18)26-2)23-14-17-9-11-25(12-10-17)16-19-7-5-13-27-19/h3-8,13,17H,9-12,14-16H2,1-2H3,(H2,22,23,24). The van der Waals surface area contributed by atoms with Crippen LogP contribution in [0.3, 0.4) is 0 Å². The summed E-state index contributed by atoms with van der Waals surface area (Å²) in [5.74, 6) is 2.45. The molecule has 0 spiro atoms. The molecule has 0 radical (unpaired) electrons. The normalized spacial score (nSPS) is 16.3. The maximum atomic E-state index is 5.41. The van der Waals surface area contributed by atoms with Gasteiger partial charge in [-0.2, -0.15) is 0 Å². The van der Waals surface area contributed by atoms with Crippen molar-refractivity contribution < 1.29 is 4.74 Å². The van der Waals surface area contributed by atoms with Crippen LogP contribution in [-0.2, 0) is 13.1 Å². The molecule has 1 fully saturated rings. The zero-order valence-corrected chi connectivity index (χ0v) is 17.1. The number of likely N-dealkylation sites (tertiary alicyclic amines) is 1. The number of piperidine rings is 1. The summed E-state index contributed by atoms with van der Waals surface area (Å²) in [5, 5.41) is 9.04. The predicted octanol–water partition coefficient (Wildman–Crippen LogP) is 3.33. The van der Waals surface area contributed by atoms with Crippen LogP contribution in [0.5, 0.6) is 5.75 Å². The zero-order valence-electron chi connectivity index (χ0n) is 16.3. The van der Waals surface area contributed by atoms with Gasteiger partial charge in [0.05, 0.1) is 7.11 Å². The van der Waals surface area contributed by atoms with E-state index in [0.29, 0.717) is 12.5 Å². The molecule has 1 aliphatic rings. The first-order chi connectivity index (χ1) is 13.3.